The molecule has 27 heavy (non-hydrogen) atoms. The van der Waals surface area contributed by atoms with Gasteiger partial charge >= 0.3 is 0 Å². The number of likely N-dealkylation sites (tertiary alicyclic amines) is 1. The SMILES string of the molecule is C[C@H]1CN(C(O)OC(C)(C)C)CC[C@@H]1n1c(S(C)(=O)=O)nc2ccccc21. The van der Waals surface area contributed by atoms with Crippen LogP contribution < -0.4 is 0 Å². The van der Waals surface area contributed by atoms with Gasteiger partial charge in [-0.2, -0.15) is 0 Å². The zero-order valence-electron chi connectivity index (χ0n) is 16.6. The number of rotatable bonds is 4. The molecule has 3 rings (SSSR count). The molecule has 1 aromatic heterocycles. The van der Waals surface area contributed by atoms with Crippen molar-refractivity contribution in [2.24, 2.45) is 5.92 Å². The number of aliphatic hydroxyl groups excluding tert-OH is 1. The topological polar surface area (TPSA) is 84.7 Å². The van der Waals surface area contributed by atoms with Gasteiger partial charge in [-0.3, -0.25) is 4.90 Å². The number of para-hydroxylation sites is 2. The Morgan fingerprint density at radius 2 is 1.96 bits per heavy atom. The van der Waals surface area contributed by atoms with Crippen LogP contribution in [-0.2, 0) is 14.6 Å². The third-order valence-corrected chi connectivity index (χ3v) is 5.84. The van der Waals surface area contributed by atoms with Gasteiger partial charge < -0.3 is 14.4 Å². The maximum atomic E-state index is 12.3. The van der Waals surface area contributed by atoms with Gasteiger partial charge in [-0.1, -0.05) is 19.1 Å². The van der Waals surface area contributed by atoms with Gasteiger partial charge in [0.2, 0.25) is 21.4 Å². The molecular formula is C19H29N3O4S. The molecule has 2 heterocycles. The molecular weight excluding hydrogens is 366 g/mol. The summed E-state index contributed by atoms with van der Waals surface area (Å²) in [7, 11) is -3.46. The third kappa shape index (κ3) is 4.34. The number of hydrogen-bond donors (Lipinski definition) is 1. The van der Waals surface area contributed by atoms with Gasteiger partial charge in [-0.15, -0.1) is 0 Å². The molecule has 1 unspecified atom stereocenters. The maximum Gasteiger partial charge on any atom is 0.228 e. The van der Waals surface area contributed by atoms with Crippen LogP contribution in [0.4, 0.5) is 0 Å². The minimum Gasteiger partial charge on any atom is -0.356 e. The molecule has 0 spiro atoms. The molecule has 1 fully saturated rings. The highest BCUT2D eigenvalue weighted by molar-refractivity contribution is 7.90. The van der Waals surface area contributed by atoms with E-state index in [-0.39, 0.29) is 17.1 Å². The van der Waals surface area contributed by atoms with Crippen LogP contribution in [0.2, 0.25) is 0 Å². The van der Waals surface area contributed by atoms with E-state index in [4.69, 9.17) is 4.74 Å². The minimum absolute atomic E-state index is 0.0137. The molecule has 2 aromatic rings. The number of sulfone groups is 1. The molecule has 3 atom stereocenters. The first-order chi connectivity index (χ1) is 12.5. The van der Waals surface area contributed by atoms with E-state index in [0.717, 1.165) is 5.52 Å². The van der Waals surface area contributed by atoms with E-state index in [9.17, 15) is 13.5 Å². The molecule has 0 radical (unpaired) electrons. The van der Waals surface area contributed by atoms with Crippen LogP contribution in [0.5, 0.6) is 0 Å². The van der Waals surface area contributed by atoms with Crippen LogP contribution in [0.1, 0.15) is 40.2 Å². The summed E-state index contributed by atoms with van der Waals surface area (Å²) < 4.78 is 32.2. The number of benzene rings is 1. The summed E-state index contributed by atoms with van der Waals surface area (Å²) in [5.74, 6) is 0.120. The molecule has 1 aromatic carbocycles. The summed E-state index contributed by atoms with van der Waals surface area (Å²) in [5.41, 5.74) is 1.07. The molecule has 1 saturated heterocycles. The first-order valence-electron chi connectivity index (χ1n) is 9.24. The normalized spacial score (nSPS) is 23.6. The lowest BCUT2D eigenvalue weighted by atomic mass is 9.93. The average molecular weight is 396 g/mol. The Balaban J connectivity index is 1.91. The lowest BCUT2D eigenvalue weighted by Gasteiger charge is -2.41. The summed E-state index contributed by atoms with van der Waals surface area (Å²) in [6, 6.07) is 7.49. The van der Waals surface area contributed by atoms with Gasteiger partial charge in [-0.05, 0) is 45.2 Å². The number of imidazole rings is 1. The number of ether oxygens (including phenoxy) is 1. The quantitative estimate of drug-likeness (QED) is 0.801. The summed E-state index contributed by atoms with van der Waals surface area (Å²) in [4.78, 5) is 6.28. The molecule has 0 saturated carbocycles. The van der Waals surface area contributed by atoms with Gasteiger partial charge in [0.25, 0.3) is 0 Å². The fraction of sp³-hybridized carbons (Fsp3) is 0.632. The fourth-order valence-electron chi connectivity index (χ4n) is 3.74. The third-order valence-electron chi connectivity index (χ3n) is 4.89. The zero-order chi connectivity index (χ0) is 20.0. The number of piperidine rings is 1. The first kappa shape index (κ1) is 20.3. The predicted molar refractivity (Wildman–Crippen MR) is 104 cm³/mol. The van der Waals surface area contributed by atoms with Crippen molar-refractivity contribution in [1.82, 2.24) is 14.5 Å². The van der Waals surface area contributed by atoms with Crippen LogP contribution in [0.25, 0.3) is 11.0 Å². The largest absolute Gasteiger partial charge is 0.356 e. The van der Waals surface area contributed by atoms with Gasteiger partial charge in [0.05, 0.1) is 16.6 Å². The maximum absolute atomic E-state index is 12.3. The van der Waals surface area contributed by atoms with Gasteiger partial charge in [0.1, 0.15) is 0 Å². The second-order valence-electron chi connectivity index (χ2n) is 8.41. The predicted octanol–water partition coefficient (Wildman–Crippen LogP) is 2.41. The van der Waals surface area contributed by atoms with Crippen molar-refractivity contribution >= 4 is 20.9 Å². The Morgan fingerprint density at radius 3 is 2.56 bits per heavy atom. The minimum atomic E-state index is -3.46. The molecule has 8 heteroatoms. The highest BCUT2D eigenvalue weighted by Crippen LogP contribution is 2.34. The van der Waals surface area contributed by atoms with E-state index >= 15 is 0 Å². The standard InChI is InChI=1S/C19H29N3O4S/c1-13-12-21(18(23)26-19(2,3)4)11-10-15(13)22-16-9-7-6-8-14(16)20-17(22)27(5,24)25/h6-9,13,15,18,23H,10-12H2,1-5H3/t13-,15-,18?/m0/s1. The molecule has 1 aliphatic rings. The number of aromatic nitrogens is 2. The molecule has 7 nitrogen and oxygen atoms in total. The number of fused-ring (bicyclic) bond motifs is 1. The Morgan fingerprint density at radius 1 is 1.30 bits per heavy atom. The highest BCUT2D eigenvalue weighted by Gasteiger charge is 2.35. The summed E-state index contributed by atoms with van der Waals surface area (Å²) in [6.07, 6.45) is 0.933. The molecule has 1 N–H and O–H groups in total. The van der Waals surface area contributed by atoms with Crippen molar-refractivity contribution < 1.29 is 18.3 Å². The van der Waals surface area contributed by atoms with Crippen molar-refractivity contribution in [2.75, 3.05) is 19.3 Å². The second kappa shape index (κ2) is 7.16. The van der Waals surface area contributed by atoms with Crippen molar-refractivity contribution in [2.45, 2.75) is 57.3 Å². The van der Waals surface area contributed by atoms with Gasteiger partial charge in [-0.25, -0.2) is 13.4 Å². The molecule has 0 aliphatic carbocycles. The zero-order valence-corrected chi connectivity index (χ0v) is 17.4. The Kier molecular flexibility index (Phi) is 5.37. The number of aliphatic hydroxyl groups is 1. The average Bonchev–Trinajstić information content (AvgIpc) is 2.93. The fourth-order valence-corrected chi connectivity index (χ4v) is 4.60. The van der Waals surface area contributed by atoms with Crippen molar-refractivity contribution in [1.29, 1.82) is 0 Å². The Bertz CT molecular complexity index is 917. The van der Waals surface area contributed by atoms with Crippen molar-refractivity contribution in [3.05, 3.63) is 24.3 Å². The van der Waals surface area contributed by atoms with E-state index < -0.39 is 21.9 Å². The van der Waals surface area contributed by atoms with E-state index in [1.165, 1.54) is 6.26 Å². The van der Waals surface area contributed by atoms with E-state index in [0.29, 0.717) is 25.0 Å². The van der Waals surface area contributed by atoms with E-state index in [1.54, 1.807) is 0 Å². The van der Waals surface area contributed by atoms with Crippen LogP contribution in [-0.4, -0.2) is 59.3 Å². The molecule has 0 bridgehead atoms. The van der Waals surface area contributed by atoms with E-state index in [1.807, 2.05) is 54.5 Å². The first-order valence-corrected chi connectivity index (χ1v) is 11.1. The van der Waals surface area contributed by atoms with Crippen LogP contribution in [0.3, 0.4) is 0 Å². The molecule has 150 valence electrons. The number of nitrogens with zero attached hydrogens (tertiary/aromatic N) is 3. The second-order valence-corrected chi connectivity index (χ2v) is 10.3. The smallest absolute Gasteiger partial charge is 0.228 e. The Labute approximate surface area is 160 Å². The highest BCUT2D eigenvalue weighted by atomic mass is 32.2. The molecule has 1 aliphatic heterocycles. The molecule has 0 amide bonds. The lowest BCUT2D eigenvalue weighted by Crippen LogP contribution is -2.49. The van der Waals surface area contributed by atoms with Crippen molar-refractivity contribution in [3.8, 4) is 0 Å². The van der Waals surface area contributed by atoms with Crippen LogP contribution in [0, 0.1) is 5.92 Å². The Hall–Kier alpha value is -1.48. The van der Waals surface area contributed by atoms with E-state index in [2.05, 4.69) is 11.9 Å². The van der Waals surface area contributed by atoms with Gasteiger partial charge in [0.15, 0.2) is 0 Å². The summed E-state index contributed by atoms with van der Waals surface area (Å²) in [6.45, 7) is 9.01. The van der Waals surface area contributed by atoms with Gasteiger partial charge in [0, 0.05) is 25.4 Å². The lowest BCUT2D eigenvalue weighted by molar-refractivity contribution is -0.246. The van der Waals surface area contributed by atoms with Crippen LogP contribution >= 0.6 is 0 Å². The summed E-state index contributed by atoms with van der Waals surface area (Å²) >= 11 is 0. The monoisotopic (exact) mass is 395 g/mol. The summed E-state index contributed by atoms with van der Waals surface area (Å²) in [5, 5.41) is 10.5. The number of hydrogen-bond acceptors (Lipinski definition) is 6. The van der Waals surface area contributed by atoms with Crippen molar-refractivity contribution in [3.63, 3.8) is 0 Å². The van der Waals surface area contributed by atoms with Crippen LogP contribution in [0.15, 0.2) is 29.4 Å².